The fraction of sp³-hybridized carbons (Fsp3) is 0.0270. The molecule has 4 heteroatoms. The molecule has 1 aromatic heterocycles. The van der Waals surface area contributed by atoms with E-state index in [1.165, 1.54) is 92.8 Å². The number of nitrogens with zero attached hydrogens (tertiary/aromatic N) is 2. The second kappa shape index (κ2) is 16.4. The van der Waals surface area contributed by atoms with Crippen molar-refractivity contribution < 1.29 is 4.74 Å². The van der Waals surface area contributed by atoms with Crippen molar-refractivity contribution in [2.45, 2.75) is 20.6 Å². The minimum absolute atomic E-state index is 0.524. The van der Waals surface area contributed by atoms with Crippen molar-refractivity contribution in [2.24, 2.45) is 0 Å². The van der Waals surface area contributed by atoms with E-state index in [0.29, 0.717) is 0 Å². The highest BCUT2D eigenvalue weighted by Gasteiger charge is 2.52. The van der Waals surface area contributed by atoms with Gasteiger partial charge in [0.25, 0.3) is 0 Å². The summed E-state index contributed by atoms with van der Waals surface area (Å²) in [6.07, 6.45) is 0. The maximum Gasteiger partial charge on any atom is 0.132 e. The molecule has 0 bridgehead atoms. The zero-order valence-electron chi connectivity index (χ0n) is 42.3. The molecule has 0 saturated carbocycles. The highest BCUT2D eigenvalue weighted by Crippen LogP contribution is 2.65. The molecular weight excluding hydrogens is 965 g/mol. The van der Waals surface area contributed by atoms with Crippen LogP contribution in [0.25, 0.3) is 60.9 Å². The lowest BCUT2D eigenvalue weighted by Crippen LogP contribution is -2.32. The summed E-state index contributed by atoms with van der Waals surface area (Å²) in [6, 6.07) is 104. The van der Waals surface area contributed by atoms with E-state index in [2.05, 4.69) is 289 Å². The number of hydrogen-bond acceptors (Lipinski definition) is 3. The van der Waals surface area contributed by atoms with Crippen molar-refractivity contribution in [2.75, 3.05) is 4.90 Å². The second-order valence-corrected chi connectivity index (χ2v) is 22.1. The molecule has 17 rings (SSSR count). The van der Waals surface area contributed by atoms with Crippen molar-refractivity contribution in [3.05, 3.63) is 324 Å². The minimum Gasteiger partial charge on any atom is -0.457 e. The average molecular weight is 1010 g/mol. The topological polar surface area (TPSA) is 17.4 Å². The predicted molar refractivity (Wildman–Crippen MR) is 320 cm³/mol. The van der Waals surface area contributed by atoms with Gasteiger partial charge in [-0.05, 0) is 152 Å². The number of rotatable bonds is 5. The Morgan fingerprint density at radius 1 is 0.308 bits per heavy atom. The van der Waals surface area contributed by atoms with Crippen LogP contribution in [0.1, 0.15) is 44.5 Å². The molecule has 2 aliphatic carbocycles. The van der Waals surface area contributed by atoms with E-state index in [-0.39, 0.29) is 0 Å². The van der Waals surface area contributed by atoms with Gasteiger partial charge in [0.05, 0.1) is 21.9 Å². The fourth-order valence-electron chi connectivity index (χ4n) is 14.2. The summed E-state index contributed by atoms with van der Waals surface area (Å²) in [5.74, 6) is 1.78. The highest BCUT2D eigenvalue weighted by molar-refractivity contribution is 7.99. The summed E-state index contributed by atoms with van der Waals surface area (Å²) < 4.78 is 9.12. The maximum atomic E-state index is 6.71. The lowest BCUT2D eigenvalue weighted by atomic mass is 9.66. The standard InChI is InChI=1S/C74H46N2OS/c1-2-18-49(19-3-1)76-67-29-13-6-22-56(67)57-41-36-48(44-68(57)76)47-34-37-50(38-35-47)75(51-40-43-61-58(45-51)54-21-5-8-24-60(54)73(61)62-25-9-14-30-69(62)77-70-31-15-10-26-63(70)73)52-39-42-55-53-20-4-7-23-59(53)74(66(55)46-52)64-27-11-16-32-71(64)78-72-33-17-12-28-65(72)74/h1-46H. The molecule has 0 N–H and O–H groups in total. The van der Waals surface area contributed by atoms with E-state index in [1.807, 2.05) is 11.8 Å². The molecule has 0 atom stereocenters. The molecule has 78 heavy (non-hydrogen) atoms. The molecule has 3 heterocycles. The van der Waals surface area contributed by atoms with Gasteiger partial charge in [0.2, 0.25) is 0 Å². The van der Waals surface area contributed by atoms with Gasteiger partial charge in [-0.25, -0.2) is 0 Å². The number of hydrogen-bond donors (Lipinski definition) is 0. The maximum absolute atomic E-state index is 6.71. The molecule has 12 aromatic carbocycles. The van der Waals surface area contributed by atoms with Crippen LogP contribution >= 0.6 is 11.8 Å². The number of aromatic nitrogens is 1. The van der Waals surface area contributed by atoms with Crippen molar-refractivity contribution in [3.63, 3.8) is 0 Å². The highest BCUT2D eigenvalue weighted by atomic mass is 32.2. The molecule has 3 nitrogen and oxygen atoms in total. The number of benzene rings is 12. The van der Waals surface area contributed by atoms with Crippen LogP contribution in [0.2, 0.25) is 0 Å². The molecule has 13 aromatic rings. The molecule has 0 fully saturated rings. The van der Waals surface area contributed by atoms with Gasteiger partial charge in [0.1, 0.15) is 11.5 Å². The van der Waals surface area contributed by atoms with Crippen LogP contribution in [0, 0.1) is 0 Å². The van der Waals surface area contributed by atoms with Crippen molar-refractivity contribution >= 4 is 50.6 Å². The van der Waals surface area contributed by atoms with Gasteiger partial charge in [0, 0.05) is 54.4 Å². The second-order valence-electron chi connectivity index (χ2n) is 21.0. The van der Waals surface area contributed by atoms with E-state index in [0.717, 1.165) is 50.9 Å². The first kappa shape index (κ1) is 43.6. The van der Waals surface area contributed by atoms with E-state index in [9.17, 15) is 0 Å². The Labute approximate surface area is 456 Å². The summed E-state index contributed by atoms with van der Waals surface area (Å²) in [4.78, 5) is 5.08. The lowest BCUT2D eigenvalue weighted by Gasteiger charge is -2.40. The Hall–Kier alpha value is -9.61. The number of ether oxygens (including phenoxy) is 1. The summed E-state index contributed by atoms with van der Waals surface area (Å²) in [7, 11) is 0. The van der Waals surface area contributed by atoms with Crippen LogP contribution in [0.3, 0.4) is 0 Å². The fourth-order valence-corrected chi connectivity index (χ4v) is 15.4. The van der Waals surface area contributed by atoms with Gasteiger partial charge in [0.15, 0.2) is 0 Å². The van der Waals surface area contributed by atoms with E-state index in [1.54, 1.807) is 0 Å². The molecule has 0 saturated heterocycles. The van der Waals surface area contributed by atoms with Crippen LogP contribution in [-0.2, 0) is 10.8 Å². The van der Waals surface area contributed by atoms with Crippen LogP contribution in [0.4, 0.5) is 17.1 Å². The quantitative estimate of drug-likeness (QED) is 0.171. The van der Waals surface area contributed by atoms with Gasteiger partial charge in [-0.1, -0.05) is 206 Å². The largest absolute Gasteiger partial charge is 0.457 e. The van der Waals surface area contributed by atoms with E-state index < -0.39 is 10.8 Å². The van der Waals surface area contributed by atoms with Crippen LogP contribution in [0.15, 0.2) is 289 Å². The number of fused-ring (bicyclic) bond motifs is 21. The molecular formula is C74H46N2OS. The Morgan fingerprint density at radius 3 is 1.50 bits per heavy atom. The van der Waals surface area contributed by atoms with Gasteiger partial charge in [-0.15, -0.1) is 0 Å². The van der Waals surface area contributed by atoms with E-state index in [4.69, 9.17) is 4.74 Å². The average Bonchev–Trinajstić information content (AvgIpc) is 4.28. The monoisotopic (exact) mass is 1010 g/mol. The Morgan fingerprint density at radius 2 is 0.795 bits per heavy atom. The molecule has 0 amide bonds. The summed E-state index contributed by atoms with van der Waals surface area (Å²) in [6.45, 7) is 0. The SMILES string of the molecule is c1ccc(-n2c3ccccc3c3ccc(-c4ccc(N(c5ccc6c(c5)-c5ccccc5C65c6ccccc6Oc6ccccc65)c5ccc6c(c5)C5(c7ccccc7Sc7ccccc75)c5ccccc5-6)cc4)cc32)cc1. The van der Waals surface area contributed by atoms with Crippen LogP contribution < -0.4 is 9.64 Å². The normalized spacial score (nSPS) is 14.2. The number of para-hydroxylation sites is 4. The van der Waals surface area contributed by atoms with Crippen molar-refractivity contribution in [3.8, 4) is 50.6 Å². The number of anilines is 3. The Bertz CT molecular complexity index is 4560. The van der Waals surface area contributed by atoms with Crippen molar-refractivity contribution in [1.82, 2.24) is 4.57 Å². The van der Waals surface area contributed by atoms with Crippen LogP contribution in [0.5, 0.6) is 11.5 Å². The van der Waals surface area contributed by atoms with Gasteiger partial charge in [-0.3, -0.25) is 0 Å². The van der Waals surface area contributed by atoms with Gasteiger partial charge in [-0.2, -0.15) is 0 Å². The zero-order valence-corrected chi connectivity index (χ0v) is 43.1. The zero-order chi connectivity index (χ0) is 51.1. The Kier molecular flexibility index (Phi) is 9.20. The smallest absolute Gasteiger partial charge is 0.132 e. The van der Waals surface area contributed by atoms with Crippen molar-refractivity contribution in [1.29, 1.82) is 0 Å². The third-order valence-electron chi connectivity index (χ3n) is 17.3. The first-order chi connectivity index (χ1) is 38.7. The predicted octanol–water partition coefficient (Wildman–Crippen LogP) is 19.2. The lowest BCUT2D eigenvalue weighted by molar-refractivity contribution is 0.436. The summed E-state index contributed by atoms with van der Waals surface area (Å²) >= 11 is 1.88. The Balaban J connectivity index is 0.887. The van der Waals surface area contributed by atoms with Gasteiger partial charge >= 0.3 is 0 Å². The third kappa shape index (κ3) is 5.84. The molecule has 364 valence electrons. The molecule has 2 spiro atoms. The molecule has 0 radical (unpaired) electrons. The summed E-state index contributed by atoms with van der Waals surface area (Å²) in [5, 5.41) is 2.49. The van der Waals surface area contributed by atoms with E-state index >= 15 is 0 Å². The molecule has 4 aliphatic rings. The van der Waals surface area contributed by atoms with Crippen LogP contribution in [-0.4, -0.2) is 4.57 Å². The first-order valence-electron chi connectivity index (χ1n) is 26.9. The molecule has 2 aliphatic heterocycles. The summed E-state index contributed by atoms with van der Waals surface area (Å²) in [5.41, 5.74) is 23.1. The third-order valence-corrected chi connectivity index (χ3v) is 18.5. The molecule has 0 unspecified atom stereocenters. The first-order valence-corrected chi connectivity index (χ1v) is 27.7. The minimum atomic E-state index is -0.568. The van der Waals surface area contributed by atoms with Gasteiger partial charge < -0.3 is 14.2 Å².